The SMILES string of the molecule is COc1cc(NC(C)C(=O)Nc2c(F)cccc2F)ccc1N1CCCC1=O. The van der Waals surface area contributed by atoms with Crippen molar-refractivity contribution in [2.75, 3.05) is 29.2 Å². The molecule has 0 spiro atoms. The van der Waals surface area contributed by atoms with Crippen LogP contribution >= 0.6 is 0 Å². The Morgan fingerprint density at radius 3 is 2.54 bits per heavy atom. The molecule has 8 heteroatoms. The zero-order chi connectivity index (χ0) is 20.3. The van der Waals surface area contributed by atoms with Crippen molar-refractivity contribution in [3.8, 4) is 5.75 Å². The molecule has 1 aliphatic rings. The Kier molecular flexibility index (Phi) is 5.77. The lowest BCUT2D eigenvalue weighted by Gasteiger charge is -2.21. The first kappa shape index (κ1) is 19.6. The highest BCUT2D eigenvalue weighted by Gasteiger charge is 2.25. The van der Waals surface area contributed by atoms with Gasteiger partial charge in [0.05, 0.1) is 12.8 Å². The molecule has 2 amide bonds. The van der Waals surface area contributed by atoms with Crippen molar-refractivity contribution in [3.05, 3.63) is 48.0 Å². The average molecular weight is 389 g/mol. The first-order valence-corrected chi connectivity index (χ1v) is 8.90. The number of hydrogen-bond donors (Lipinski definition) is 2. The van der Waals surface area contributed by atoms with Crippen LogP contribution in [0.2, 0.25) is 0 Å². The molecule has 0 aliphatic carbocycles. The van der Waals surface area contributed by atoms with Crippen LogP contribution in [-0.4, -0.2) is 31.5 Å². The van der Waals surface area contributed by atoms with Gasteiger partial charge in [0.2, 0.25) is 11.8 Å². The van der Waals surface area contributed by atoms with Gasteiger partial charge in [0.25, 0.3) is 0 Å². The molecule has 0 bridgehead atoms. The second-order valence-corrected chi connectivity index (χ2v) is 6.49. The smallest absolute Gasteiger partial charge is 0.246 e. The molecule has 28 heavy (non-hydrogen) atoms. The molecular weight excluding hydrogens is 368 g/mol. The van der Waals surface area contributed by atoms with Gasteiger partial charge >= 0.3 is 0 Å². The predicted molar refractivity (Wildman–Crippen MR) is 103 cm³/mol. The van der Waals surface area contributed by atoms with E-state index in [1.165, 1.54) is 13.2 Å². The molecule has 1 atom stereocenters. The van der Waals surface area contributed by atoms with E-state index in [1.807, 2.05) is 0 Å². The fourth-order valence-electron chi connectivity index (χ4n) is 3.06. The van der Waals surface area contributed by atoms with E-state index in [1.54, 1.807) is 30.0 Å². The van der Waals surface area contributed by atoms with E-state index in [2.05, 4.69) is 10.6 Å². The molecular formula is C20H21F2N3O3. The van der Waals surface area contributed by atoms with E-state index < -0.39 is 29.3 Å². The number of rotatable bonds is 6. The third-order valence-electron chi connectivity index (χ3n) is 4.53. The van der Waals surface area contributed by atoms with Crippen LogP contribution < -0.4 is 20.3 Å². The molecule has 2 aromatic carbocycles. The summed E-state index contributed by atoms with van der Waals surface area (Å²) in [6.45, 7) is 2.20. The average Bonchev–Trinajstić information content (AvgIpc) is 3.10. The van der Waals surface area contributed by atoms with Crippen molar-refractivity contribution in [1.82, 2.24) is 0 Å². The quantitative estimate of drug-likeness (QED) is 0.793. The topological polar surface area (TPSA) is 70.7 Å². The summed E-state index contributed by atoms with van der Waals surface area (Å²) < 4.78 is 32.8. The van der Waals surface area contributed by atoms with Crippen LogP contribution in [-0.2, 0) is 9.59 Å². The van der Waals surface area contributed by atoms with Crippen LogP contribution in [0.15, 0.2) is 36.4 Å². The highest BCUT2D eigenvalue weighted by Crippen LogP contribution is 2.34. The van der Waals surface area contributed by atoms with Gasteiger partial charge in [-0.25, -0.2) is 8.78 Å². The van der Waals surface area contributed by atoms with E-state index in [-0.39, 0.29) is 5.91 Å². The Morgan fingerprint density at radius 2 is 1.93 bits per heavy atom. The van der Waals surface area contributed by atoms with Crippen LogP contribution in [0.3, 0.4) is 0 Å². The Labute approximate surface area is 161 Å². The number of carbonyl (C=O) groups is 2. The summed E-state index contributed by atoms with van der Waals surface area (Å²) in [5, 5.41) is 5.22. The van der Waals surface area contributed by atoms with E-state index in [0.29, 0.717) is 30.1 Å². The van der Waals surface area contributed by atoms with Crippen molar-refractivity contribution in [2.24, 2.45) is 0 Å². The maximum absolute atomic E-state index is 13.7. The standard InChI is InChI=1S/C20H21F2N3O3/c1-12(20(27)24-19-14(21)5-3-6-15(19)22)23-13-8-9-16(17(11-13)28-2)25-10-4-7-18(25)26/h3,5-6,8-9,11-12,23H,4,7,10H2,1-2H3,(H,24,27). The summed E-state index contributed by atoms with van der Waals surface area (Å²) in [4.78, 5) is 25.9. The molecule has 0 aromatic heterocycles. The largest absolute Gasteiger partial charge is 0.494 e. The number of ether oxygens (including phenoxy) is 1. The monoisotopic (exact) mass is 389 g/mol. The number of benzene rings is 2. The lowest BCUT2D eigenvalue weighted by molar-refractivity contribution is -0.117. The molecule has 3 rings (SSSR count). The summed E-state index contributed by atoms with van der Waals surface area (Å²) in [6, 6.07) is 7.72. The molecule has 1 unspecified atom stereocenters. The number of hydrogen-bond acceptors (Lipinski definition) is 4. The van der Waals surface area contributed by atoms with Gasteiger partial charge in [0, 0.05) is 24.7 Å². The third-order valence-corrected chi connectivity index (χ3v) is 4.53. The molecule has 1 fully saturated rings. The van der Waals surface area contributed by atoms with Crippen molar-refractivity contribution in [3.63, 3.8) is 0 Å². The van der Waals surface area contributed by atoms with E-state index in [9.17, 15) is 18.4 Å². The summed E-state index contributed by atoms with van der Waals surface area (Å²) in [5.74, 6) is -1.75. The first-order valence-electron chi connectivity index (χ1n) is 8.90. The molecule has 6 nitrogen and oxygen atoms in total. The molecule has 1 saturated heterocycles. The summed E-state index contributed by atoms with van der Waals surface area (Å²) in [6.07, 6.45) is 1.30. The van der Waals surface area contributed by atoms with Gasteiger partial charge in [0.1, 0.15) is 29.1 Å². The normalized spacial score (nSPS) is 14.7. The van der Waals surface area contributed by atoms with Gasteiger partial charge in [-0.05, 0) is 37.6 Å². The van der Waals surface area contributed by atoms with Crippen LogP contribution in [0.25, 0.3) is 0 Å². The summed E-state index contributed by atoms with van der Waals surface area (Å²) in [7, 11) is 1.50. The second kappa shape index (κ2) is 8.24. The van der Waals surface area contributed by atoms with Crippen molar-refractivity contribution in [2.45, 2.75) is 25.8 Å². The van der Waals surface area contributed by atoms with Crippen LogP contribution in [0, 0.1) is 11.6 Å². The zero-order valence-electron chi connectivity index (χ0n) is 15.6. The van der Waals surface area contributed by atoms with Gasteiger partial charge in [0.15, 0.2) is 0 Å². The Hall–Kier alpha value is -3.16. The van der Waals surface area contributed by atoms with Crippen molar-refractivity contribution >= 4 is 28.9 Å². The molecule has 0 saturated carbocycles. The molecule has 0 radical (unpaired) electrons. The minimum atomic E-state index is -0.846. The highest BCUT2D eigenvalue weighted by molar-refractivity contribution is 5.98. The third kappa shape index (κ3) is 4.05. The fraction of sp³-hybridized carbons (Fsp3) is 0.300. The molecule has 1 heterocycles. The van der Waals surface area contributed by atoms with Gasteiger partial charge in [-0.3, -0.25) is 9.59 Å². The number of halogens is 2. The van der Waals surface area contributed by atoms with Crippen molar-refractivity contribution < 1.29 is 23.1 Å². The number of anilines is 3. The Morgan fingerprint density at radius 1 is 1.21 bits per heavy atom. The number of nitrogens with one attached hydrogen (secondary N) is 2. The number of para-hydroxylation sites is 1. The van der Waals surface area contributed by atoms with Crippen molar-refractivity contribution in [1.29, 1.82) is 0 Å². The molecule has 2 aromatic rings. The van der Waals surface area contributed by atoms with E-state index in [4.69, 9.17) is 4.74 Å². The summed E-state index contributed by atoms with van der Waals surface area (Å²) >= 11 is 0. The zero-order valence-corrected chi connectivity index (χ0v) is 15.6. The lowest BCUT2D eigenvalue weighted by Crippen LogP contribution is -2.32. The van der Waals surface area contributed by atoms with Crippen LogP contribution in [0.5, 0.6) is 5.75 Å². The molecule has 2 N–H and O–H groups in total. The maximum Gasteiger partial charge on any atom is 0.246 e. The molecule has 148 valence electrons. The first-order chi connectivity index (χ1) is 13.4. The number of methoxy groups -OCH3 is 1. The van der Waals surface area contributed by atoms with Gasteiger partial charge in [-0.2, -0.15) is 0 Å². The minimum absolute atomic E-state index is 0.0404. The summed E-state index contributed by atoms with van der Waals surface area (Å²) in [5.41, 5.74) is 0.756. The Balaban J connectivity index is 1.72. The van der Waals surface area contributed by atoms with Crippen LogP contribution in [0.1, 0.15) is 19.8 Å². The number of carbonyl (C=O) groups excluding carboxylic acids is 2. The van der Waals surface area contributed by atoms with Gasteiger partial charge in [-0.15, -0.1) is 0 Å². The van der Waals surface area contributed by atoms with E-state index >= 15 is 0 Å². The minimum Gasteiger partial charge on any atom is -0.494 e. The number of nitrogens with zero attached hydrogens (tertiary/aromatic N) is 1. The second-order valence-electron chi connectivity index (χ2n) is 6.49. The lowest BCUT2D eigenvalue weighted by atomic mass is 10.2. The van der Waals surface area contributed by atoms with Gasteiger partial charge in [-0.1, -0.05) is 6.07 Å². The Bertz CT molecular complexity index is 884. The fourth-order valence-corrected chi connectivity index (χ4v) is 3.06. The molecule has 1 aliphatic heterocycles. The predicted octanol–water partition coefficient (Wildman–Crippen LogP) is 3.54. The van der Waals surface area contributed by atoms with E-state index in [0.717, 1.165) is 18.6 Å². The number of amides is 2. The maximum atomic E-state index is 13.7. The van der Waals surface area contributed by atoms with Gasteiger partial charge < -0.3 is 20.3 Å². The highest BCUT2D eigenvalue weighted by atomic mass is 19.1. The van der Waals surface area contributed by atoms with Crippen LogP contribution in [0.4, 0.5) is 25.8 Å².